The fourth-order valence-electron chi connectivity index (χ4n) is 3.18. The van der Waals surface area contributed by atoms with Crippen molar-refractivity contribution in [1.29, 1.82) is 0 Å². The molecule has 120 valence electrons. The van der Waals surface area contributed by atoms with E-state index in [-0.39, 0.29) is 12.4 Å². The normalized spacial score (nSPS) is 14.6. The zero-order chi connectivity index (χ0) is 16.5. The number of halogens is 1. The summed E-state index contributed by atoms with van der Waals surface area (Å²) in [6.07, 6.45) is 5.98. The summed E-state index contributed by atoms with van der Waals surface area (Å²) in [7, 11) is 0. The van der Waals surface area contributed by atoms with E-state index in [1.807, 2.05) is 42.5 Å². The van der Waals surface area contributed by atoms with E-state index in [1.54, 1.807) is 6.08 Å². The summed E-state index contributed by atoms with van der Waals surface area (Å²) >= 11 is 0. The van der Waals surface area contributed by atoms with Gasteiger partial charge >= 0.3 is 0 Å². The zero-order valence-corrected chi connectivity index (χ0v) is 13.2. The first kappa shape index (κ1) is 15.0. The number of hydrogen-bond acceptors (Lipinski definition) is 2. The summed E-state index contributed by atoms with van der Waals surface area (Å²) in [5.74, 6) is 0.235. The van der Waals surface area contributed by atoms with Crippen LogP contribution >= 0.6 is 0 Å². The Morgan fingerprint density at radius 1 is 1.08 bits per heavy atom. The predicted octanol–water partition coefficient (Wildman–Crippen LogP) is 4.92. The van der Waals surface area contributed by atoms with Crippen molar-refractivity contribution in [2.75, 3.05) is 6.61 Å². The highest BCUT2D eigenvalue weighted by Crippen LogP contribution is 2.45. The molecule has 0 spiro atoms. The molecule has 3 heteroatoms. The van der Waals surface area contributed by atoms with Crippen molar-refractivity contribution in [3.05, 3.63) is 71.7 Å². The van der Waals surface area contributed by atoms with Gasteiger partial charge in [-0.3, -0.25) is 4.98 Å². The minimum atomic E-state index is -0.244. The molecule has 0 bridgehead atoms. The fraction of sp³-hybridized carbons (Fsp3) is 0.190. The van der Waals surface area contributed by atoms with Crippen LogP contribution in [0, 0.1) is 5.82 Å². The highest BCUT2D eigenvalue weighted by atomic mass is 19.1. The molecule has 1 aliphatic rings. The average molecular weight is 319 g/mol. The number of nitrogens with zero attached hydrogens (tertiary/aromatic N) is 1. The Morgan fingerprint density at radius 3 is 2.54 bits per heavy atom. The van der Waals surface area contributed by atoms with Gasteiger partial charge in [0.2, 0.25) is 0 Å². The van der Waals surface area contributed by atoms with Crippen LogP contribution in [0.2, 0.25) is 0 Å². The van der Waals surface area contributed by atoms with Gasteiger partial charge in [0, 0.05) is 22.4 Å². The first-order valence-electron chi connectivity index (χ1n) is 8.24. The van der Waals surface area contributed by atoms with E-state index in [0.717, 1.165) is 46.1 Å². The molecular weight excluding hydrogens is 301 g/mol. The lowest BCUT2D eigenvalue weighted by Crippen LogP contribution is -1.98. The monoisotopic (exact) mass is 319 g/mol. The molecule has 1 aliphatic carbocycles. The van der Waals surface area contributed by atoms with Crippen molar-refractivity contribution in [3.63, 3.8) is 0 Å². The molecule has 1 aromatic heterocycles. The Bertz CT molecular complexity index is 911. The van der Waals surface area contributed by atoms with Crippen LogP contribution in [0.3, 0.4) is 0 Å². The Balaban J connectivity index is 2.06. The van der Waals surface area contributed by atoms with Gasteiger partial charge in [0.15, 0.2) is 0 Å². The van der Waals surface area contributed by atoms with Crippen LogP contribution in [0.4, 0.5) is 4.39 Å². The van der Waals surface area contributed by atoms with E-state index in [1.165, 1.54) is 12.1 Å². The summed E-state index contributed by atoms with van der Waals surface area (Å²) in [5.41, 5.74) is 5.11. The molecule has 2 nitrogen and oxygen atoms in total. The van der Waals surface area contributed by atoms with E-state index in [4.69, 9.17) is 4.98 Å². The van der Waals surface area contributed by atoms with Gasteiger partial charge in [-0.15, -0.1) is 0 Å². The number of pyridine rings is 1. The first-order chi connectivity index (χ1) is 11.8. The summed E-state index contributed by atoms with van der Waals surface area (Å²) < 4.78 is 13.4. The van der Waals surface area contributed by atoms with Crippen molar-refractivity contribution < 1.29 is 9.50 Å². The number of aliphatic hydroxyl groups is 1. The number of fused-ring (bicyclic) bond motifs is 1. The predicted molar refractivity (Wildman–Crippen MR) is 95.2 cm³/mol. The van der Waals surface area contributed by atoms with Crippen LogP contribution in [0.25, 0.3) is 28.1 Å². The Kier molecular flexibility index (Phi) is 3.87. The molecule has 1 fully saturated rings. The van der Waals surface area contributed by atoms with Gasteiger partial charge in [0.25, 0.3) is 0 Å². The molecule has 0 atom stereocenters. The quantitative estimate of drug-likeness (QED) is 0.740. The maximum atomic E-state index is 13.4. The number of para-hydroxylation sites is 1. The van der Waals surface area contributed by atoms with E-state index >= 15 is 0 Å². The second kappa shape index (κ2) is 6.17. The summed E-state index contributed by atoms with van der Waals surface area (Å²) in [6, 6.07) is 14.6. The molecule has 24 heavy (non-hydrogen) atoms. The van der Waals surface area contributed by atoms with E-state index < -0.39 is 0 Å². The van der Waals surface area contributed by atoms with Crippen LogP contribution in [-0.4, -0.2) is 16.7 Å². The minimum absolute atomic E-state index is 0.0141. The minimum Gasteiger partial charge on any atom is -0.392 e. The average Bonchev–Trinajstić information content (AvgIpc) is 3.44. The maximum Gasteiger partial charge on any atom is 0.123 e. The second-order valence-corrected chi connectivity index (χ2v) is 6.17. The molecule has 1 N–H and O–H groups in total. The van der Waals surface area contributed by atoms with Crippen LogP contribution in [0.15, 0.2) is 54.6 Å². The lowest BCUT2D eigenvalue weighted by Gasteiger charge is -2.15. The first-order valence-corrected chi connectivity index (χ1v) is 8.24. The molecule has 0 saturated heterocycles. The third-order valence-corrected chi connectivity index (χ3v) is 4.45. The van der Waals surface area contributed by atoms with Crippen molar-refractivity contribution >= 4 is 17.0 Å². The molecule has 0 amide bonds. The van der Waals surface area contributed by atoms with E-state index in [9.17, 15) is 9.50 Å². The molecule has 1 saturated carbocycles. The van der Waals surface area contributed by atoms with E-state index in [2.05, 4.69) is 0 Å². The molecule has 3 aromatic rings. The highest BCUT2D eigenvalue weighted by Gasteiger charge is 2.29. The van der Waals surface area contributed by atoms with Crippen LogP contribution in [-0.2, 0) is 0 Å². The van der Waals surface area contributed by atoms with Gasteiger partial charge < -0.3 is 5.11 Å². The number of hydrogen-bond donors (Lipinski definition) is 1. The SMILES string of the molecule is OCC=Cc1c(C2CC2)nc2ccccc2c1-c1ccc(F)cc1. The highest BCUT2D eigenvalue weighted by molar-refractivity contribution is 5.99. The number of rotatable bonds is 4. The maximum absolute atomic E-state index is 13.4. The van der Waals surface area contributed by atoms with Crippen molar-refractivity contribution in [2.24, 2.45) is 0 Å². The van der Waals surface area contributed by atoms with Gasteiger partial charge in [-0.05, 0) is 36.6 Å². The topological polar surface area (TPSA) is 33.1 Å². The standard InChI is InChI=1S/C21H18FNO/c22-16-11-9-14(10-12-16)20-17-4-1-2-6-19(17)23-21(15-7-8-15)18(20)5-3-13-24/h1-6,9-12,15,24H,7-8,13H2. The van der Waals surface area contributed by atoms with Crippen molar-refractivity contribution in [2.45, 2.75) is 18.8 Å². The third-order valence-electron chi connectivity index (χ3n) is 4.45. The fourth-order valence-corrected chi connectivity index (χ4v) is 3.18. The Hall–Kier alpha value is -2.52. The molecule has 4 rings (SSSR count). The van der Waals surface area contributed by atoms with Crippen molar-refractivity contribution in [3.8, 4) is 11.1 Å². The zero-order valence-electron chi connectivity index (χ0n) is 13.2. The molecule has 1 heterocycles. The lowest BCUT2D eigenvalue weighted by atomic mass is 9.92. The molecule has 0 radical (unpaired) electrons. The van der Waals surface area contributed by atoms with Crippen LogP contribution in [0.1, 0.15) is 30.0 Å². The number of benzene rings is 2. The number of aromatic nitrogens is 1. The smallest absolute Gasteiger partial charge is 0.123 e. The van der Waals surface area contributed by atoms with Crippen LogP contribution < -0.4 is 0 Å². The molecule has 0 aliphatic heterocycles. The van der Waals surface area contributed by atoms with Gasteiger partial charge in [0.05, 0.1) is 17.8 Å². The van der Waals surface area contributed by atoms with E-state index in [0.29, 0.717) is 5.92 Å². The summed E-state index contributed by atoms with van der Waals surface area (Å²) in [4.78, 5) is 4.89. The van der Waals surface area contributed by atoms with Crippen molar-refractivity contribution in [1.82, 2.24) is 4.98 Å². The summed E-state index contributed by atoms with van der Waals surface area (Å²) in [6.45, 7) is -0.0141. The molecular formula is C21H18FNO. The molecule has 0 unspecified atom stereocenters. The Labute approximate surface area is 140 Å². The van der Waals surface area contributed by atoms with Gasteiger partial charge in [0.1, 0.15) is 5.82 Å². The molecule has 2 aromatic carbocycles. The second-order valence-electron chi connectivity index (χ2n) is 6.17. The largest absolute Gasteiger partial charge is 0.392 e. The lowest BCUT2D eigenvalue weighted by molar-refractivity contribution is 0.343. The Morgan fingerprint density at radius 2 is 1.83 bits per heavy atom. The van der Waals surface area contributed by atoms with Crippen LogP contribution in [0.5, 0.6) is 0 Å². The van der Waals surface area contributed by atoms with Gasteiger partial charge in [-0.2, -0.15) is 0 Å². The van der Waals surface area contributed by atoms with Gasteiger partial charge in [-0.25, -0.2) is 4.39 Å². The number of aliphatic hydroxyl groups excluding tert-OH is 1. The summed E-state index contributed by atoms with van der Waals surface area (Å²) in [5, 5.41) is 10.3. The third kappa shape index (κ3) is 2.72. The van der Waals surface area contributed by atoms with Gasteiger partial charge in [-0.1, -0.05) is 42.5 Å².